The molecule has 0 aromatic heterocycles. The quantitative estimate of drug-likeness (QED) is 0.633. The highest BCUT2D eigenvalue weighted by Gasteiger charge is 2.14. The van der Waals surface area contributed by atoms with Gasteiger partial charge in [-0.2, -0.15) is 0 Å². The summed E-state index contributed by atoms with van der Waals surface area (Å²) in [5, 5.41) is 0. The van der Waals surface area contributed by atoms with E-state index in [1.807, 2.05) is 6.92 Å². The third-order valence-electron chi connectivity index (χ3n) is 2.02. The number of carbonyl (C=O) groups is 1. The summed E-state index contributed by atoms with van der Waals surface area (Å²) in [4.78, 5) is 11.0. The van der Waals surface area contributed by atoms with Gasteiger partial charge in [0.15, 0.2) is 6.29 Å². The van der Waals surface area contributed by atoms with Crippen molar-refractivity contribution < 1.29 is 19.0 Å². The van der Waals surface area contributed by atoms with Crippen molar-refractivity contribution in [2.75, 3.05) is 19.8 Å². The first-order valence-corrected chi connectivity index (χ1v) is 5.21. The molecule has 0 saturated carbocycles. The molecule has 0 radical (unpaired) electrons. The van der Waals surface area contributed by atoms with Gasteiger partial charge in [0.2, 0.25) is 0 Å². The van der Waals surface area contributed by atoms with Gasteiger partial charge in [-0.1, -0.05) is 0 Å². The molecular formula is C10H18O4. The van der Waals surface area contributed by atoms with Crippen LogP contribution in [0.25, 0.3) is 0 Å². The predicted molar refractivity (Wildman–Crippen MR) is 50.8 cm³/mol. The van der Waals surface area contributed by atoms with Crippen LogP contribution in [0, 0.1) is 0 Å². The van der Waals surface area contributed by atoms with Gasteiger partial charge in [0.05, 0.1) is 19.8 Å². The summed E-state index contributed by atoms with van der Waals surface area (Å²) in [5.74, 6) is -0.136. The standard InChI is InChI=1S/C10H18O4/c1-2-12-9(11)5-3-6-10-13-7-4-8-14-10/h10H,2-8H2,1H3. The van der Waals surface area contributed by atoms with Gasteiger partial charge in [0, 0.05) is 6.42 Å². The van der Waals surface area contributed by atoms with Gasteiger partial charge >= 0.3 is 5.97 Å². The number of ether oxygens (including phenoxy) is 3. The Morgan fingerprint density at radius 1 is 1.43 bits per heavy atom. The Bertz CT molecular complexity index is 164. The maximum Gasteiger partial charge on any atom is 0.305 e. The van der Waals surface area contributed by atoms with Crippen molar-refractivity contribution in [2.45, 2.75) is 38.9 Å². The molecule has 0 aromatic rings. The van der Waals surface area contributed by atoms with Crippen LogP contribution in [0.5, 0.6) is 0 Å². The Hall–Kier alpha value is -0.610. The van der Waals surface area contributed by atoms with Crippen molar-refractivity contribution in [3.05, 3.63) is 0 Å². The van der Waals surface area contributed by atoms with Crippen LogP contribution in [-0.2, 0) is 19.0 Å². The topological polar surface area (TPSA) is 44.8 Å². The number of rotatable bonds is 5. The predicted octanol–water partition coefficient (Wildman–Crippen LogP) is 1.48. The zero-order valence-electron chi connectivity index (χ0n) is 8.66. The minimum atomic E-state index is -0.136. The molecule has 4 nitrogen and oxygen atoms in total. The maximum absolute atomic E-state index is 11.0. The van der Waals surface area contributed by atoms with Crippen molar-refractivity contribution in [3.8, 4) is 0 Å². The average molecular weight is 202 g/mol. The molecule has 1 heterocycles. The number of hydrogen-bond acceptors (Lipinski definition) is 4. The molecule has 4 heteroatoms. The molecule has 1 aliphatic rings. The molecule has 0 spiro atoms. The first-order valence-electron chi connectivity index (χ1n) is 5.21. The van der Waals surface area contributed by atoms with Gasteiger partial charge < -0.3 is 14.2 Å². The van der Waals surface area contributed by atoms with Crippen LogP contribution in [0.2, 0.25) is 0 Å². The van der Waals surface area contributed by atoms with E-state index in [9.17, 15) is 4.79 Å². The second-order valence-corrected chi connectivity index (χ2v) is 3.22. The fourth-order valence-electron chi connectivity index (χ4n) is 1.35. The van der Waals surface area contributed by atoms with E-state index in [0.717, 1.165) is 32.5 Å². The van der Waals surface area contributed by atoms with E-state index in [1.54, 1.807) is 0 Å². The van der Waals surface area contributed by atoms with Crippen molar-refractivity contribution in [3.63, 3.8) is 0 Å². The fraction of sp³-hybridized carbons (Fsp3) is 0.900. The van der Waals surface area contributed by atoms with Gasteiger partial charge in [-0.05, 0) is 26.2 Å². The molecule has 0 atom stereocenters. The van der Waals surface area contributed by atoms with E-state index < -0.39 is 0 Å². The monoisotopic (exact) mass is 202 g/mol. The average Bonchev–Trinajstić information content (AvgIpc) is 2.20. The summed E-state index contributed by atoms with van der Waals surface area (Å²) in [6.45, 7) is 3.80. The van der Waals surface area contributed by atoms with Gasteiger partial charge in [-0.15, -0.1) is 0 Å². The highest BCUT2D eigenvalue weighted by atomic mass is 16.7. The zero-order valence-corrected chi connectivity index (χ0v) is 8.66. The minimum Gasteiger partial charge on any atom is -0.466 e. The number of hydrogen-bond donors (Lipinski definition) is 0. The molecule has 1 aliphatic heterocycles. The van der Waals surface area contributed by atoms with Gasteiger partial charge in [0.25, 0.3) is 0 Å². The molecule has 82 valence electrons. The first-order chi connectivity index (χ1) is 6.83. The lowest BCUT2D eigenvalue weighted by Crippen LogP contribution is -2.24. The first kappa shape index (κ1) is 11.5. The third kappa shape index (κ3) is 4.58. The molecule has 0 unspecified atom stereocenters. The van der Waals surface area contributed by atoms with Crippen molar-refractivity contribution in [1.82, 2.24) is 0 Å². The lowest BCUT2D eigenvalue weighted by atomic mass is 10.2. The highest BCUT2D eigenvalue weighted by Crippen LogP contribution is 2.11. The van der Waals surface area contributed by atoms with Crippen LogP contribution in [0.3, 0.4) is 0 Å². The van der Waals surface area contributed by atoms with Crippen LogP contribution >= 0.6 is 0 Å². The lowest BCUT2D eigenvalue weighted by Gasteiger charge is -2.22. The summed E-state index contributed by atoms with van der Waals surface area (Å²) in [5.41, 5.74) is 0. The third-order valence-corrected chi connectivity index (χ3v) is 2.02. The molecule has 0 aromatic carbocycles. The molecule has 1 saturated heterocycles. The van der Waals surface area contributed by atoms with Crippen LogP contribution in [-0.4, -0.2) is 32.1 Å². The van der Waals surface area contributed by atoms with E-state index >= 15 is 0 Å². The SMILES string of the molecule is CCOC(=O)CCCC1OCCCO1. The van der Waals surface area contributed by atoms with Gasteiger partial charge in [-0.3, -0.25) is 4.79 Å². The van der Waals surface area contributed by atoms with E-state index in [4.69, 9.17) is 14.2 Å². The Morgan fingerprint density at radius 2 is 2.14 bits per heavy atom. The van der Waals surface area contributed by atoms with Crippen molar-refractivity contribution >= 4 is 5.97 Å². The normalized spacial score (nSPS) is 18.1. The molecule has 0 amide bonds. The Labute approximate surface area is 84.5 Å². The van der Waals surface area contributed by atoms with Crippen LogP contribution in [0.1, 0.15) is 32.6 Å². The number of carbonyl (C=O) groups excluding carboxylic acids is 1. The summed E-state index contributed by atoms with van der Waals surface area (Å²) in [7, 11) is 0. The van der Waals surface area contributed by atoms with Crippen LogP contribution in [0.15, 0.2) is 0 Å². The second-order valence-electron chi connectivity index (χ2n) is 3.22. The van der Waals surface area contributed by atoms with Crippen molar-refractivity contribution in [2.24, 2.45) is 0 Å². The summed E-state index contributed by atoms with van der Waals surface area (Å²) in [6, 6.07) is 0. The summed E-state index contributed by atoms with van der Waals surface area (Å²) < 4.78 is 15.5. The van der Waals surface area contributed by atoms with E-state index in [-0.39, 0.29) is 12.3 Å². The highest BCUT2D eigenvalue weighted by molar-refractivity contribution is 5.69. The molecule has 0 bridgehead atoms. The number of esters is 1. The van der Waals surface area contributed by atoms with Crippen LogP contribution < -0.4 is 0 Å². The van der Waals surface area contributed by atoms with Crippen molar-refractivity contribution in [1.29, 1.82) is 0 Å². The smallest absolute Gasteiger partial charge is 0.305 e. The Morgan fingerprint density at radius 3 is 2.79 bits per heavy atom. The second kappa shape index (κ2) is 6.79. The lowest BCUT2D eigenvalue weighted by molar-refractivity contribution is -0.182. The summed E-state index contributed by atoms with van der Waals surface area (Å²) >= 11 is 0. The summed E-state index contributed by atoms with van der Waals surface area (Å²) in [6.07, 6.45) is 2.85. The molecule has 0 aliphatic carbocycles. The fourth-order valence-corrected chi connectivity index (χ4v) is 1.35. The van der Waals surface area contributed by atoms with Gasteiger partial charge in [0.1, 0.15) is 0 Å². The van der Waals surface area contributed by atoms with Gasteiger partial charge in [-0.25, -0.2) is 0 Å². The minimum absolute atomic E-state index is 0.113. The molecule has 0 N–H and O–H groups in total. The molecule has 14 heavy (non-hydrogen) atoms. The Balaban J connectivity index is 1.99. The molecule has 1 fully saturated rings. The molecular weight excluding hydrogens is 184 g/mol. The van der Waals surface area contributed by atoms with E-state index in [1.165, 1.54) is 0 Å². The zero-order chi connectivity index (χ0) is 10.2. The maximum atomic E-state index is 11.0. The van der Waals surface area contributed by atoms with E-state index in [0.29, 0.717) is 13.0 Å². The Kier molecular flexibility index (Phi) is 5.56. The largest absolute Gasteiger partial charge is 0.466 e. The van der Waals surface area contributed by atoms with Crippen LogP contribution in [0.4, 0.5) is 0 Å². The molecule has 1 rings (SSSR count). The van der Waals surface area contributed by atoms with E-state index in [2.05, 4.69) is 0 Å².